The van der Waals surface area contributed by atoms with E-state index in [4.69, 9.17) is 4.74 Å². The molecular weight excluding hydrogens is 369 g/mol. The average Bonchev–Trinajstić information content (AvgIpc) is 3.13. The van der Waals surface area contributed by atoms with Gasteiger partial charge in [0.15, 0.2) is 5.65 Å². The molecule has 1 aliphatic rings. The van der Waals surface area contributed by atoms with Gasteiger partial charge in [0, 0.05) is 18.5 Å². The quantitative estimate of drug-likeness (QED) is 0.684. The molecule has 1 fully saturated rings. The number of piperidine rings is 1. The Morgan fingerprint density at radius 3 is 2.76 bits per heavy atom. The summed E-state index contributed by atoms with van der Waals surface area (Å²) in [5.41, 5.74) is 2.50. The molecule has 2 aromatic heterocycles. The van der Waals surface area contributed by atoms with Crippen molar-refractivity contribution >= 4 is 5.65 Å². The third-order valence-electron chi connectivity index (χ3n) is 5.51. The summed E-state index contributed by atoms with van der Waals surface area (Å²) in [6.07, 6.45) is 4.51. The first-order valence-corrected chi connectivity index (χ1v) is 10.4. The monoisotopic (exact) mass is 397 g/mol. The lowest BCUT2D eigenvalue weighted by Crippen LogP contribution is -2.37. The van der Waals surface area contributed by atoms with Gasteiger partial charge in [0.1, 0.15) is 17.7 Å². The van der Waals surface area contributed by atoms with E-state index in [1.54, 1.807) is 10.6 Å². The molecule has 1 aromatic carbocycles. The zero-order valence-electron chi connectivity index (χ0n) is 17.2. The summed E-state index contributed by atoms with van der Waals surface area (Å²) in [4.78, 5) is 9.35. The van der Waals surface area contributed by atoms with Gasteiger partial charge in [-0.05, 0) is 42.9 Å². The molecular formula is C22H28FN5O. The van der Waals surface area contributed by atoms with Gasteiger partial charge in [-0.2, -0.15) is 15.1 Å². The second-order valence-electron chi connectivity index (χ2n) is 8.13. The van der Waals surface area contributed by atoms with Crippen molar-refractivity contribution in [3.8, 4) is 6.01 Å². The molecule has 0 saturated carbocycles. The molecule has 0 spiro atoms. The number of rotatable bonds is 6. The van der Waals surface area contributed by atoms with Crippen LogP contribution in [-0.4, -0.2) is 38.8 Å². The van der Waals surface area contributed by atoms with Crippen LogP contribution in [0.15, 0.2) is 30.5 Å². The number of aromatic nitrogens is 4. The Bertz CT molecular complexity index is 980. The van der Waals surface area contributed by atoms with E-state index in [0.717, 1.165) is 43.0 Å². The highest BCUT2D eigenvalue weighted by atomic mass is 19.1. The van der Waals surface area contributed by atoms with Gasteiger partial charge >= 0.3 is 6.01 Å². The minimum atomic E-state index is -0.196. The summed E-state index contributed by atoms with van der Waals surface area (Å²) >= 11 is 0. The van der Waals surface area contributed by atoms with Crippen LogP contribution in [0.3, 0.4) is 0 Å². The number of ether oxygens (including phenoxy) is 1. The number of fused-ring (bicyclic) bond motifs is 1. The third-order valence-corrected chi connectivity index (χ3v) is 5.51. The molecule has 29 heavy (non-hydrogen) atoms. The second kappa shape index (κ2) is 8.45. The number of nitrogens with zero attached hydrogens (tertiary/aromatic N) is 4. The topological polar surface area (TPSA) is 64.3 Å². The van der Waals surface area contributed by atoms with Gasteiger partial charge in [0.25, 0.3) is 0 Å². The molecule has 1 saturated heterocycles. The van der Waals surface area contributed by atoms with Crippen LogP contribution in [0, 0.1) is 5.82 Å². The number of halogens is 1. The van der Waals surface area contributed by atoms with Crippen LogP contribution < -0.4 is 10.1 Å². The second-order valence-corrected chi connectivity index (χ2v) is 8.13. The standard InChI is InChI=1S/C22H28FN5O/c1-14(2)18-13-25-28-20(11-15(3)17-8-4-5-9-19(17)23)26-22(27-21(18)28)29-16-7-6-10-24-12-16/h4-5,8-9,13-16,24H,6-7,10-12H2,1-3H3/t15-,16+/m0/s1. The van der Waals surface area contributed by atoms with Gasteiger partial charge < -0.3 is 10.1 Å². The first kappa shape index (κ1) is 19.8. The van der Waals surface area contributed by atoms with Gasteiger partial charge in [-0.25, -0.2) is 8.91 Å². The summed E-state index contributed by atoms with van der Waals surface area (Å²) in [6, 6.07) is 7.27. The van der Waals surface area contributed by atoms with E-state index in [-0.39, 0.29) is 23.8 Å². The van der Waals surface area contributed by atoms with Crippen LogP contribution in [0.1, 0.15) is 62.4 Å². The van der Waals surface area contributed by atoms with Crippen LogP contribution in [0.4, 0.5) is 4.39 Å². The molecule has 3 aromatic rings. The highest BCUT2D eigenvalue weighted by Crippen LogP contribution is 2.26. The Kier molecular flexibility index (Phi) is 5.76. The highest BCUT2D eigenvalue weighted by Gasteiger charge is 2.21. The van der Waals surface area contributed by atoms with E-state index in [1.165, 1.54) is 6.07 Å². The molecule has 4 rings (SSSR count). The van der Waals surface area contributed by atoms with Crippen LogP contribution >= 0.6 is 0 Å². The Hall–Kier alpha value is -2.54. The van der Waals surface area contributed by atoms with Crippen molar-refractivity contribution < 1.29 is 9.13 Å². The van der Waals surface area contributed by atoms with E-state index in [0.29, 0.717) is 18.0 Å². The Balaban J connectivity index is 1.70. The highest BCUT2D eigenvalue weighted by molar-refractivity contribution is 5.49. The molecule has 7 heteroatoms. The van der Waals surface area contributed by atoms with Crippen molar-refractivity contribution in [2.45, 2.75) is 58.0 Å². The number of nitrogens with one attached hydrogen (secondary N) is 1. The Labute approximate surface area is 170 Å². The molecule has 6 nitrogen and oxygen atoms in total. The molecule has 154 valence electrons. The largest absolute Gasteiger partial charge is 0.459 e. The lowest BCUT2D eigenvalue weighted by Gasteiger charge is -2.23. The summed E-state index contributed by atoms with van der Waals surface area (Å²) in [5, 5.41) is 7.88. The Morgan fingerprint density at radius 1 is 1.21 bits per heavy atom. The molecule has 1 aliphatic heterocycles. The molecule has 1 N–H and O–H groups in total. The summed E-state index contributed by atoms with van der Waals surface area (Å²) in [5.74, 6) is 0.767. The average molecular weight is 397 g/mol. The van der Waals surface area contributed by atoms with Crippen LogP contribution in [0.25, 0.3) is 5.65 Å². The van der Waals surface area contributed by atoms with E-state index < -0.39 is 0 Å². The maximum atomic E-state index is 14.3. The van der Waals surface area contributed by atoms with Crippen molar-refractivity contribution in [2.24, 2.45) is 0 Å². The van der Waals surface area contributed by atoms with Crippen LogP contribution in [0.2, 0.25) is 0 Å². The number of hydrogen-bond acceptors (Lipinski definition) is 5. The lowest BCUT2D eigenvalue weighted by atomic mass is 9.97. The maximum Gasteiger partial charge on any atom is 0.320 e. The fourth-order valence-electron chi connectivity index (χ4n) is 3.85. The molecule has 0 aliphatic carbocycles. The van der Waals surface area contributed by atoms with E-state index in [1.807, 2.05) is 25.3 Å². The molecule has 0 bridgehead atoms. The predicted molar refractivity (Wildman–Crippen MR) is 110 cm³/mol. The van der Waals surface area contributed by atoms with Crippen molar-refractivity contribution in [1.82, 2.24) is 24.9 Å². The summed E-state index contributed by atoms with van der Waals surface area (Å²) < 4.78 is 22.2. The van der Waals surface area contributed by atoms with Gasteiger partial charge in [0.05, 0.1) is 6.20 Å². The SMILES string of the molecule is CC(C)c1cnn2c(C[C@H](C)c3ccccc3F)nc(O[C@@H]3CCCNC3)nc12. The first-order valence-electron chi connectivity index (χ1n) is 10.4. The van der Waals surface area contributed by atoms with Crippen LogP contribution in [-0.2, 0) is 6.42 Å². The molecule has 0 unspecified atom stereocenters. The number of benzene rings is 1. The first-order chi connectivity index (χ1) is 14.0. The minimum Gasteiger partial charge on any atom is -0.459 e. The van der Waals surface area contributed by atoms with E-state index >= 15 is 0 Å². The normalized spacial score (nSPS) is 18.3. The van der Waals surface area contributed by atoms with Crippen molar-refractivity contribution in [1.29, 1.82) is 0 Å². The minimum absolute atomic E-state index is 0.0507. The Morgan fingerprint density at radius 2 is 2.03 bits per heavy atom. The van der Waals surface area contributed by atoms with Gasteiger partial charge in [-0.1, -0.05) is 39.0 Å². The zero-order chi connectivity index (χ0) is 20.4. The molecule has 0 amide bonds. The fourth-order valence-corrected chi connectivity index (χ4v) is 3.85. The van der Waals surface area contributed by atoms with Gasteiger partial charge in [-0.15, -0.1) is 0 Å². The van der Waals surface area contributed by atoms with E-state index in [2.05, 4.69) is 34.2 Å². The van der Waals surface area contributed by atoms with Crippen molar-refractivity contribution in [2.75, 3.05) is 13.1 Å². The fraction of sp³-hybridized carbons (Fsp3) is 0.500. The van der Waals surface area contributed by atoms with Crippen molar-refractivity contribution in [3.63, 3.8) is 0 Å². The zero-order valence-corrected chi connectivity index (χ0v) is 17.2. The number of hydrogen-bond donors (Lipinski definition) is 1. The smallest absolute Gasteiger partial charge is 0.320 e. The molecule has 0 radical (unpaired) electrons. The molecule has 3 heterocycles. The van der Waals surface area contributed by atoms with Gasteiger partial charge in [0.2, 0.25) is 0 Å². The molecule has 2 atom stereocenters. The van der Waals surface area contributed by atoms with Crippen LogP contribution in [0.5, 0.6) is 6.01 Å². The maximum absolute atomic E-state index is 14.3. The van der Waals surface area contributed by atoms with Crippen molar-refractivity contribution in [3.05, 3.63) is 53.2 Å². The van der Waals surface area contributed by atoms with E-state index in [9.17, 15) is 4.39 Å². The third kappa shape index (κ3) is 4.24. The van der Waals surface area contributed by atoms with Gasteiger partial charge in [-0.3, -0.25) is 0 Å². The summed E-state index contributed by atoms with van der Waals surface area (Å²) in [7, 11) is 0. The summed E-state index contributed by atoms with van der Waals surface area (Å²) in [6.45, 7) is 8.06. The lowest BCUT2D eigenvalue weighted by molar-refractivity contribution is 0.152. The predicted octanol–water partition coefficient (Wildman–Crippen LogP) is 3.86.